The zero-order valence-electron chi connectivity index (χ0n) is 13.9. The monoisotopic (exact) mass is 332 g/mol. The summed E-state index contributed by atoms with van der Waals surface area (Å²) in [4.78, 5) is 3.52. The number of sulfonamides is 1. The fourth-order valence-electron chi connectivity index (χ4n) is 3.08. The van der Waals surface area contributed by atoms with Gasteiger partial charge in [-0.15, -0.1) is 0 Å². The van der Waals surface area contributed by atoms with Crippen molar-refractivity contribution in [3.8, 4) is 0 Å². The van der Waals surface area contributed by atoms with Crippen LogP contribution in [-0.4, -0.2) is 18.9 Å². The summed E-state index contributed by atoms with van der Waals surface area (Å²) in [6.07, 6.45) is 9.00. The van der Waals surface area contributed by atoms with Crippen LogP contribution in [0.3, 0.4) is 0 Å². The molecule has 0 atom stereocenters. The van der Waals surface area contributed by atoms with Crippen molar-refractivity contribution in [1.29, 1.82) is 0 Å². The maximum absolute atomic E-state index is 12.5. The minimum Gasteiger partial charge on any atom is -0.361 e. The standard InChI is InChI=1S/C18H24N2O2S/c1-18(2,3)20-23(21,22)14-9-10-15-16(12-19-17(15)11-14)13-7-5-4-6-8-13/h7,9-12,19-20H,4-6,8H2,1-3H3. The second-order valence-electron chi connectivity index (χ2n) is 7.24. The molecule has 4 nitrogen and oxygen atoms in total. The van der Waals surface area contributed by atoms with Crippen molar-refractivity contribution in [2.24, 2.45) is 0 Å². The molecule has 0 unspecified atom stereocenters. The highest BCUT2D eigenvalue weighted by atomic mass is 32.2. The molecule has 1 aliphatic rings. The highest BCUT2D eigenvalue weighted by Gasteiger charge is 2.22. The van der Waals surface area contributed by atoms with Gasteiger partial charge < -0.3 is 4.98 Å². The molecule has 2 N–H and O–H groups in total. The maximum Gasteiger partial charge on any atom is 0.241 e. The van der Waals surface area contributed by atoms with Gasteiger partial charge in [0, 0.05) is 28.2 Å². The molecule has 0 bridgehead atoms. The lowest BCUT2D eigenvalue weighted by Gasteiger charge is -2.20. The van der Waals surface area contributed by atoms with E-state index in [2.05, 4.69) is 15.8 Å². The zero-order chi connectivity index (χ0) is 16.7. The lowest BCUT2D eigenvalue weighted by Crippen LogP contribution is -2.40. The summed E-state index contributed by atoms with van der Waals surface area (Å²) in [5, 5.41) is 1.09. The van der Waals surface area contributed by atoms with Crippen molar-refractivity contribution in [2.75, 3.05) is 0 Å². The van der Waals surface area contributed by atoms with Crippen LogP contribution in [0.4, 0.5) is 0 Å². The van der Waals surface area contributed by atoms with E-state index < -0.39 is 15.6 Å². The second kappa shape index (κ2) is 5.80. The van der Waals surface area contributed by atoms with Gasteiger partial charge in [0.1, 0.15) is 0 Å². The predicted molar refractivity (Wildman–Crippen MR) is 94.8 cm³/mol. The summed E-state index contributed by atoms with van der Waals surface area (Å²) in [6, 6.07) is 5.32. The number of allylic oxidation sites excluding steroid dienone is 2. The fraction of sp³-hybridized carbons (Fsp3) is 0.444. The van der Waals surface area contributed by atoms with Gasteiger partial charge in [-0.05, 0) is 64.2 Å². The summed E-state index contributed by atoms with van der Waals surface area (Å²) in [5.41, 5.74) is 2.93. The summed E-state index contributed by atoms with van der Waals surface area (Å²) < 4.78 is 27.6. The molecule has 0 aliphatic heterocycles. The van der Waals surface area contributed by atoms with E-state index in [1.807, 2.05) is 33.0 Å². The van der Waals surface area contributed by atoms with Crippen LogP contribution in [0.1, 0.15) is 52.0 Å². The molecule has 0 radical (unpaired) electrons. The van der Waals surface area contributed by atoms with E-state index >= 15 is 0 Å². The van der Waals surface area contributed by atoms with E-state index in [1.165, 1.54) is 24.0 Å². The molecule has 0 saturated carbocycles. The van der Waals surface area contributed by atoms with Crippen LogP contribution in [0, 0.1) is 0 Å². The van der Waals surface area contributed by atoms with Crippen LogP contribution in [-0.2, 0) is 10.0 Å². The lowest BCUT2D eigenvalue weighted by atomic mass is 9.93. The van der Waals surface area contributed by atoms with E-state index in [0.29, 0.717) is 4.90 Å². The van der Waals surface area contributed by atoms with Crippen molar-refractivity contribution in [2.45, 2.75) is 56.9 Å². The smallest absolute Gasteiger partial charge is 0.241 e. The molecule has 3 rings (SSSR count). The Morgan fingerprint density at radius 1 is 1.17 bits per heavy atom. The molecule has 124 valence electrons. The Kier molecular flexibility index (Phi) is 4.10. The van der Waals surface area contributed by atoms with Crippen molar-refractivity contribution < 1.29 is 8.42 Å². The highest BCUT2D eigenvalue weighted by Crippen LogP contribution is 2.32. The second-order valence-corrected chi connectivity index (χ2v) is 8.92. The normalized spacial score (nSPS) is 16.6. The van der Waals surface area contributed by atoms with Crippen LogP contribution in [0.5, 0.6) is 0 Å². The summed E-state index contributed by atoms with van der Waals surface area (Å²) >= 11 is 0. The van der Waals surface area contributed by atoms with Gasteiger partial charge in [-0.2, -0.15) is 0 Å². The Balaban J connectivity index is 2.00. The van der Waals surface area contributed by atoms with E-state index in [1.54, 1.807) is 12.1 Å². The first-order chi connectivity index (χ1) is 10.8. The Morgan fingerprint density at radius 2 is 1.96 bits per heavy atom. The maximum atomic E-state index is 12.5. The van der Waals surface area contributed by atoms with Crippen molar-refractivity contribution in [3.63, 3.8) is 0 Å². The first-order valence-corrected chi connectivity index (χ1v) is 9.59. The van der Waals surface area contributed by atoms with Gasteiger partial charge in [-0.25, -0.2) is 13.1 Å². The van der Waals surface area contributed by atoms with Crippen LogP contribution in [0.25, 0.3) is 16.5 Å². The van der Waals surface area contributed by atoms with Crippen LogP contribution in [0.15, 0.2) is 35.4 Å². The summed E-state index contributed by atoms with van der Waals surface area (Å²) in [6.45, 7) is 5.52. The third-order valence-corrected chi connectivity index (χ3v) is 5.80. The molecule has 5 heteroatoms. The minimum absolute atomic E-state index is 0.297. The average molecular weight is 332 g/mol. The number of hydrogen-bond acceptors (Lipinski definition) is 2. The molecule has 0 saturated heterocycles. The molecule has 0 amide bonds. The van der Waals surface area contributed by atoms with Crippen molar-refractivity contribution in [1.82, 2.24) is 9.71 Å². The topological polar surface area (TPSA) is 62.0 Å². The number of aromatic amines is 1. The number of rotatable bonds is 3. The molecule has 1 aliphatic carbocycles. The number of nitrogens with one attached hydrogen (secondary N) is 2. The molecule has 1 aromatic carbocycles. The number of hydrogen-bond donors (Lipinski definition) is 2. The Bertz CT molecular complexity index is 855. The van der Waals surface area contributed by atoms with Gasteiger partial charge in [-0.3, -0.25) is 0 Å². The van der Waals surface area contributed by atoms with E-state index in [4.69, 9.17) is 0 Å². The molecular formula is C18H24N2O2S. The number of aromatic nitrogens is 1. The van der Waals surface area contributed by atoms with Gasteiger partial charge in [0.15, 0.2) is 0 Å². The van der Waals surface area contributed by atoms with Gasteiger partial charge in [-0.1, -0.05) is 12.1 Å². The van der Waals surface area contributed by atoms with Crippen molar-refractivity contribution >= 4 is 26.5 Å². The molecule has 1 aromatic heterocycles. The molecular weight excluding hydrogens is 308 g/mol. The molecule has 0 spiro atoms. The highest BCUT2D eigenvalue weighted by molar-refractivity contribution is 7.89. The largest absolute Gasteiger partial charge is 0.361 e. The molecule has 2 aromatic rings. The van der Waals surface area contributed by atoms with Crippen molar-refractivity contribution in [3.05, 3.63) is 36.0 Å². The van der Waals surface area contributed by atoms with E-state index in [0.717, 1.165) is 23.7 Å². The zero-order valence-corrected chi connectivity index (χ0v) is 14.8. The Labute approximate surface area is 138 Å². The average Bonchev–Trinajstić information content (AvgIpc) is 2.88. The third-order valence-electron chi connectivity index (χ3n) is 4.04. The van der Waals surface area contributed by atoms with Gasteiger partial charge in [0.2, 0.25) is 10.0 Å². The van der Waals surface area contributed by atoms with Crippen LogP contribution in [0.2, 0.25) is 0 Å². The first kappa shape index (κ1) is 16.3. The van der Waals surface area contributed by atoms with E-state index in [-0.39, 0.29) is 0 Å². The summed E-state index contributed by atoms with van der Waals surface area (Å²) in [5.74, 6) is 0. The fourth-order valence-corrected chi connectivity index (χ4v) is 4.53. The number of fused-ring (bicyclic) bond motifs is 1. The van der Waals surface area contributed by atoms with Crippen LogP contribution >= 0.6 is 0 Å². The molecule has 0 fully saturated rings. The van der Waals surface area contributed by atoms with Gasteiger partial charge in [0.25, 0.3) is 0 Å². The van der Waals surface area contributed by atoms with Crippen LogP contribution < -0.4 is 4.72 Å². The quantitative estimate of drug-likeness (QED) is 0.885. The first-order valence-electron chi connectivity index (χ1n) is 8.11. The Morgan fingerprint density at radius 3 is 2.61 bits per heavy atom. The summed E-state index contributed by atoms with van der Waals surface area (Å²) in [7, 11) is -3.51. The predicted octanol–water partition coefficient (Wildman–Crippen LogP) is 4.20. The minimum atomic E-state index is -3.51. The van der Waals surface area contributed by atoms with Gasteiger partial charge >= 0.3 is 0 Å². The third kappa shape index (κ3) is 3.51. The van der Waals surface area contributed by atoms with Gasteiger partial charge in [0.05, 0.1) is 4.90 Å². The molecule has 23 heavy (non-hydrogen) atoms. The number of benzene rings is 1. The lowest BCUT2D eigenvalue weighted by molar-refractivity contribution is 0.491. The molecule has 1 heterocycles. The Hall–Kier alpha value is -1.59. The number of H-pyrrole nitrogens is 1. The SMILES string of the molecule is CC(C)(C)NS(=O)(=O)c1ccc2c(C3=CCCCC3)c[nH]c2c1. The van der Waals surface area contributed by atoms with E-state index in [9.17, 15) is 8.42 Å².